The number of sulfonamides is 1. The lowest BCUT2D eigenvalue weighted by Crippen LogP contribution is -3.12. The first kappa shape index (κ1) is 15.2. The Morgan fingerprint density at radius 3 is 2.23 bits per heavy atom. The summed E-state index contributed by atoms with van der Waals surface area (Å²) in [6, 6.07) is 18.5. The van der Waals surface area contributed by atoms with E-state index in [9.17, 15) is 8.42 Å². The number of piperazine rings is 1. The van der Waals surface area contributed by atoms with Crippen molar-refractivity contribution in [1.82, 2.24) is 4.31 Å². The van der Waals surface area contributed by atoms with E-state index in [0.717, 1.165) is 18.7 Å². The molecule has 22 heavy (non-hydrogen) atoms. The molecule has 0 bridgehead atoms. The van der Waals surface area contributed by atoms with Gasteiger partial charge in [-0.15, -0.1) is 0 Å². The molecule has 1 aliphatic heterocycles. The van der Waals surface area contributed by atoms with E-state index in [0.29, 0.717) is 11.4 Å². The van der Waals surface area contributed by atoms with Crippen LogP contribution in [0.1, 0.15) is 11.6 Å². The summed E-state index contributed by atoms with van der Waals surface area (Å²) in [4.78, 5) is 1.73. The monoisotopic (exact) mass is 317 g/mol. The van der Waals surface area contributed by atoms with Crippen LogP contribution in [0.4, 0.5) is 0 Å². The van der Waals surface area contributed by atoms with Gasteiger partial charge in [0.25, 0.3) is 0 Å². The van der Waals surface area contributed by atoms with Crippen LogP contribution in [-0.2, 0) is 10.0 Å². The van der Waals surface area contributed by atoms with E-state index in [1.54, 1.807) is 28.6 Å². The zero-order valence-electron chi connectivity index (χ0n) is 12.6. The lowest BCUT2D eigenvalue weighted by Gasteiger charge is -2.37. The Kier molecular flexibility index (Phi) is 4.29. The van der Waals surface area contributed by atoms with Gasteiger partial charge in [0.2, 0.25) is 10.0 Å². The Hall–Kier alpha value is -1.69. The van der Waals surface area contributed by atoms with Crippen LogP contribution in [0.5, 0.6) is 0 Å². The number of rotatable bonds is 3. The summed E-state index contributed by atoms with van der Waals surface area (Å²) >= 11 is 0. The average molecular weight is 317 g/mol. The van der Waals surface area contributed by atoms with E-state index in [4.69, 9.17) is 0 Å². The minimum Gasteiger partial charge on any atom is -0.335 e. The Morgan fingerprint density at radius 2 is 1.59 bits per heavy atom. The first-order valence-corrected chi connectivity index (χ1v) is 8.96. The standard InChI is InChI=1S/C17H20N2O2S/c1-18-12-13-19(17(14-18)15-8-4-2-5-9-15)22(20,21)16-10-6-3-7-11-16/h2-11,17H,12-14H2,1H3/p+1/t17-/m0/s1. The molecule has 0 aromatic heterocycles. The molecule has 0 amide bonds. The highest BCUT2D eigenvalue weighted by Gasteiger charge is 2.37. The fourth-order valence-corrected chi connectivity index (χ4v) is 4.60. The van der Waals surface area contributed by atoms with Gasteiger partial charge in [-0.1, -0.05) is 48.5 Å². The largest absolute Gasteiger partial charge is 0.335 e. The van der Waals surface area contributed by atoms with Crippen LogP contribution in [0.2, 0.25) is 0 Å². The molecule has 116 valence electrons. The normalized spacial score (nSPS) is 23.3. The van der Waals surface area contributed by atoms with Gasteiger partial charge in [0.1, 0.15) is 0 Å². The van der Waals surface area contributed by atoms with Crippen LogP contribution >= 0.6 is 0 Å². The second-order valence-corrected chi connectivity index (χ2v) is 7.66. The Labute approximate surface area is 132 Å². The molecule has 4 nitrogen and oxygen atoms in total. The van der Waals surface area contributed by atoms with Crippen LogP contribution in [0.3, 0.4) is 0 Å². The first-order chi connectivity index (χ1) is 10.6. The van der Waals surface area contributed by atoms with Crippen LogP contribution in [0.15, 0.2) is 65.6 Å². The summed E-state index contributed by atoms with van der Waals surface area (Å²) < 4.78 is 27.6. The number of quaternary nitrogens is 1. The number of nitrogens with one attached hydrogen (secondary N) is 1. The SMILES string of the molecule is C[NH+]1CCN(S(=O)(=O)c2ccccc2)[C@H](c2ccccc2)C1. The average Bonchev–Trinajstić information content (AvgIpc) is 2.56. The maximum Gasteiger partial charge on any atom is 0.244 e. The van der Waals surface area contributed by atoms with Gasteiger partial charge in [0.15, 0.2) is 0 Å². The van der Waals surface area contributed by atoms with Gasteiger partial charge in [-0.05, 0) is 17.7 Å². The van der Waals surface area contributed by atoms with E-state index in [2.05, 4.69) is 7.05 Å². The highest BCUT2D eigenvalue weighted by Crippen LogP contribution is 2.27. The summed E-state index contributed by atoms with van der Waals surface area (Å²) in [5.74, 6) is 0. The van der Waals surface area contributed by atoms with Crippen LogP contribution in [0, 0.1) is 0 Å². The summed E-state index contributed by atoms with van der Waals surface area (Å²) in [5.41, 5.74) is 1.06. The molecular weight excluding hydrogens is 296 g/mol. The van der Waals surface area contributed by atoms with E-state index >= 15 is 0 Å². The van der Waals surface area contributed by atoms with Gasteiger partial charge >= 0.3 is 0 Å². The highest BCUT2D eigenvalue weighted by atomic mass is 32.2. The quantitative estimate of drug-likeness (QED) is 0.916. The van der Waals surface area contributed by atoms with E-state index in [1.165, 1.54) is 4.90 Å². The third-order valence-electron chi connectivity index (χ3n) is 4.18. The van der Waals surface area contributed by atoms with Crippen molar-refractivity contribution in [2.75, 3.05) is 26.7 Å². The lowest BCUT2D eigenvalue weighted by atomic mass is 10.1. The predicted octanol–water partition coefficient (Wildman–Crippen LogP) is 0.947. The highest BCUT2D eigenvalue weighted by molar-refractivity contribution is 7.89. The van der Waals surface area contributed by atoms with Crippen molar-refractivity contribution >= 4 is 10.0 Å². The van der Waals surface area contributed by atoms with Gasteiger partial charge in [-0.2, -0.15) is 4.31 Å². The third kappa shape index (κ3) is 2.92. The Balaban J connectivity index is 2.00. The minimum atomic E-state index is -3.46. The summed E-state index contributed by atoms with van der Waals surface area (Å²) in [6.07, 6.45) is 0. The molecular formula is C17H21N2O2S+. The topological polar surface area (TPSA) is 41.8 Å². The molecule has 1 fully saturated rings. The van der Waals surface area contributed by atoms with Crippen LogP contribution < -0.4 is 4.90 Å². The molecule has 1 aliphatic rings. The molecule has 0 aliphatic carbocycles. The molecule has 1 N–H and O–H groups in total. The maximum atomic E-state index is 13.0. The summed E-state index contributed by atoms with van der Waals surface area (Å²) in [5, 5.41) is 0. The maximum absolute atomic E-state index is 13.0. The molecule has 0 radical (unpaired) electrons. The molecule has 5 heteroatoms. The van der Waals surface area contributed by atoms with Gasteiger partial charge in [-0.25, -0.2) is 8.42 Å². The second kappa shape index (κ2) is 6.20. The van der Waals surface area contributed by atoms with Crippen molar-refractivity contribution in [3.63, 3.8) is 0 Å². The van der Waals surface area contributed by atoms with Crippen LogP contribution in [-0.4, -0.2) is 39.4 Å². The number of hydrogen-bond donors (Lipinski definition) is 1. The van der Waals surface area contributed by atoms with Crippen molar-refractivity contribution in [3.05, 3.63) is 66.2 Å². The predicted molar refractivity (Wildman–Crippen MR) is 86.1 cm³/mol. The third-order valence-corrected chi connectivity index (χ3v) is 6.10. The van der Waals surface area contributed by atoms with Crippen molar-refractivity contribution in [2.24, 2.45) is 0 Å². The number of likely N-dealkylation sites (N-methyl/N-ethyl adjacent to an activating group) is 1. The molecule has 2 aromatic rings. The van der Waals surface area contributed by atoms with Crippen molar-refractivity contribution in [3.8, 4) is 0 Å². The minimum absolute atomic E-state index is 0.111. The van der Waals surface area contributed by atoms with E-state index in [1.807, 2.05) is 36.4 Å². The number of nitrogens with zero attached hydrogens (tertiary/aromatic N) is 1. The fraction of sp³-hybridized carbons (Fsp3) is 0.294. The first-order valence-electron chi connectivity index (χ1n) is 7.52. The molecule has 2 aromatic carbocycles. The van der Waals surface area contributed by atoms with Crippen molar-refractivity contribution in [2.45, 2.75) is 10.9 Å². The van der Waals surface area contributed by atoms with Crippen LogP contribution in [0.25, 0.3) is 0 Å². The Morgan fingerprint density at radius 1 is 1.00 bits per heavy atom. The fourth-order valence-electron chi connectivity index (χ4n) is 2.97. The Bertz CT molecular complexity index is 717. The molecule has 1 heterocycles. The van der Waals surface area contributed by atoms with Gasteiger partial charge in [-0.3, -0.25) is 0 Å². The van der Waals surface area contributed by atoms with E-state index < -0.39 is 10.0 Å². The number of hydrogen-bond acceptors (Lipinski definition) is 2. The zero-order chi connectivity index (χ0) is 15.6. The summed E-state index contributed by atoms with van der Waals surface area (Å²) in [6.45, 7) is 2.16. The number of benzene rings is 2. The van der Waals surface area contributed by atoms with Gasteiger partial charge < -0.3 is 4.90 Å². The second-order valence-electron chi connectivity index (χ2n) is 5.77. The zero-order valence-corrected chi connectivity index (χ0v) is 13.5. The van der Waals surface area contributed by atoms with Crippen molar-refractivity contribution in [1.29, 1.82) is 0 Å². The van der Waals surface area contributed by atoms with Crippen molar-refractivity contribution < 1.29 is 13.3 Å². The smallest absolute Gasteiger partial charge is 0.244 e. The lowest BCUT2D eigenvalue weighted by molar-refractivity contribution is -0.887. The van der Waals surface area contributed by atoms with Gasteiger partial charge in [0.05, 0.1) is 37.6 Å². The summed E-state index contributed by atoms with van der Waals surface area (Å²) in [7, 11) is -1.35. The molecule has 0 saturated carbocycles. The molecule has 1 saturated heterocycles. The van der Waals surface area contributed by atoms with E-state index in [-0.39, 0.29) is 6.04 Å². The molecule has 0 spiro atoms. The molecule has 3 rings (SSSR count). The molecule has 2 atom stereocenters. The van der Waals surface area contributed by atoms with Gasteiger partial charge in [0, 0.05) is 0 Å². The molecule has 1 unspecified atom stereocenters.